The van der Waals surface area contributed by atoms with Gasteiger partial charge in [0.05, 0.1) is 5.02 Å². The minimum Gasteiger partial charge on any atom is -0.342 e. The van der Waals surface area contributed by atoms with Gasteiger partial charge in [-0.3, -0.25) is 4.79 Å². The first-order valence-corrected chi connectivity index (χ1v) is 7.31. The normalized spacial score (nSPS) is 19.4. The van der Waals surface area contributed by atoms with Gasteiger partial charge in [-0.1, -0.05) is 11.6 Å². The van der Waals surface area contributed by atoms with Crippen molar-refractivity contribution in [2.75, 3.05) is 26.7 Å². The molecule has 19 heavy (non-hydrogen) atoms. The molecule has 1 aromatic rings. The molecule has 0 saturated carbocycles. The first-order chi connectivity index (χ1) is 9.11. The number of hydrogen-bond donors (Lipinski definition) is 1. The van der Waals surface area contributed by atoms with Crippen LogP contribution in [0.15, 0.2) is 12.3 Å². The first-order valence-electron chi connectivity index (χ1n) is 6.93. The van der Waals surface area contributed by atoms with Gasteiger partial charge in [0.2, 0.25) is 0 Å². The van der Waals surface area contributed by atoms with E-state index in [1.165, 1.54) is 12.8 Å². The molecule has 1 aliphatic heterocycles. The van der Waals surface area contributed by atoms with Crippen LogP contribution in [-0.4, -0.2) is 42.1 Å². The van der Waals surface area contributed by atoms with Crippen molar-refractivity contribution in [1.29, 1.82) is 0 Å². The summed E-state index contributed by atoms with van der Waals surface area (Å²) in [5.41, 5.74) is 0.679. The summed E-state index contributed by atoms with van der Waals surface area (Å²) in [5, 5.41) is 4.00. The smallest absolute Gasteiger partial charge is 0.270 e. The van der Waals surface area contributed by atoms with Crippen LogP contribution in [-0.2, 0) is 6.54 Å². The van der Waals surface area contributed by atoms with E-state index in [0.29, 0.717) is 16.6 Å². The summed E-state index contributed by atoms with van der Waals surface area (Å²) in [7, 11) is 1.87. The Kier molecular flexibility index (Phi) is 4.88. The van der Waals surface area contributed by atoms with Crippen molar-refractivity contribution in [3.05, 3.63) is 23.0 Å². The lowest BCUT2D eigenvalue weighted by molar-refractivity contribution is 0.0754. The van der Waals surface area contributed by atoms with E-state index in [-0.39, 0.29) is 5.91 Å². The lowest BCUT2D eigenvalue weighted by atomic mass is 9.99. The third kappa shape index (κ3) is 3.51. The molecule has 1 atom stereocenters. The van der Waals surface area contributed by atoms with Crippen LogP contribution >= 0.6 is 11.6 Å². The minimum atomic E-state index is 0.0549. The molecule has 106 valence electrons. The van der Waals surface area contributed by atoms with Gasteiger partial charge in [0.1, 0.15) is 5.69 Å². The summed E-state index contributed by atoms with van der Waals surface area (Å²) in [6.07, 6.45) is 4.20. The van der Waals surface area contributed by atoms with Crippen molar-refractivity contribution in [1.82, 2.24) is 14.8 Å². The van der Waals surface area contributed by atoms with Crippen molar-refractivity contribution in [2.24, 2.45) is 5.92 Å². The van der Waals surface area contributed by atoms with Gasteiger partial charge in [-0.15, -0.1) is 0 Å². The summed E-state index contributed by atoms with van der Waals surface area (Å²) in [4.78, 5) is 14.3. The number of nitrogens with zero attached hydrogens (tertiary/aromatic N) is 2. The highest BCUT2D eigenvalue weighted by atomic mass is 35.5. The predicted molar refractivity (Wildman–Crippen MR) is 77.7 cm³/mol. The quantitative estimate of drug-likeness (QED) is 0.920. The van der Waals surface area contributed by atoms with Crippen LogP contribution in [0.5, 0.6) is 0 Å². The van der Waals surface area contributed by atoms with Gasteiger partial charge in [-0.05, 0) is 44.8 Å². The minimum absolute atomic E-state index is 0.0549. The second-order valence-corrected chi connectivity index (χ2v) is 5.66. The van der Waals surface area contributed by atoms with Gasteiger partial charge in [-0.25, -0.2) is 0 Å². The summed E-state index contributed by atoms with van der Waals surface area (Å²) < 4.78 is 1.90. The fourth-order valence-electron chi connectivity index (χ4n) is 2.66. The van der Waals surface area contributed by atoms with E-state index in [0.717, 1.165) is 26.2 Å². The summed E-state index contributed by atoms with van der Waals surface area (Å²) in [5.74, 6) is 0.613. The molecule has 1 fully saturated rings. The zero-order valence-electron chi connectivity index (χ0n) is 11.7. The maximum absolute atomic E-state index is 12.4. The Labute approximate surface area is 119 Å². The van der Waals surface area contributed by atoms with E-state index >= 15 is 0 Å². The SMILES string of the molecule is CCn1cc(Cl)cc1C(=O)N(C)CC1CCCNC1. The van der Waals surface area contributed by atoms with Crippen LogP contribution < -0.4 is 5.32 Å². The van der Waals surface area contributed by atoms with Crippen LogP contribution in [0.2, 0.25) is 5.02 Å². The molecule has 1 N–H and O–H groups in total. The zero-order valence-corrected chi connectivity index (χ0v) is 12.4. The van der Waals surface area contributed by atoms with Gasteiger partial charge < -0.3 is 14.8 Å². The Balaban J connectivity index is 2.01. The van der Waals surface area contributed by atoms with E-state index in [2.05, 4.69) is 5.32 Å². The highest BCUT2D eigenvalue weighted by Gasteiger charge is 2.21. The number of piperidine rings is 1. The number of carbonyl (C=O) groups is 1. The number of aryl methyl sites for hydroxylation is 1. The molecule has 1 saturated heterocycles. The average Bonchev–Trinajstić information content (AvgIpc) is 2.80. The van der Waals surface area contributed by atoms with Crippen molar-refractivity contribution in [3.8, 4) is 0 Å². The molecule has 2 heterocycles. The summed E-state index contributed by atoms with van der Waals surface area (Å²) in [6.45, 7) is 5.68. The predicted octanol–water partition coefficient (Wildman–Crippen LogP) is 2.23. The standard InChI is InChI=1S/C14H22ClN3O/c1-3-18-10-12(15)7-13(18)14(19)17(2)9-11-5-4-6-16-8-11/h7,10-11,16H,3-6,8-9H2,1-2H3. The molecular weight excluding hydrogens is 262 g/mol. The molecule has 1 aromatic heterocycles. The Bertz CT molecular complexity index is 438. The number of aromatic nitrogens is 1. The maximum Gasteiger partial charge on any atom is 0.270 e. The number of amides is 1. The Hall–Kier alpha value is -1.00. The number of rotatable bonds is 4. The largest absolute Gasteiger partial charge is 0.342 e. The Morgan fingerprint density at radius 2 is 2.42 bits per heavy atom. The third-order valence-electron chi connectivity index (χ3n) is 3.70. The van der Waals surface area contributed by atoms with E-state index in [1.54, 1.807) is 6.07 Å². The van der Waals surface area contributed by atoms with Gasteiger partial charge in [-0.2, -0.15) is 0 Å². The highest BCUT2D eigenvalue weighted by molar-refractivity contribution is 6.31. The fourth-order valence-corrected chi connectivity index (χ4v) is 2.88. The number of halogens is 1. The van der Waals surface area contributed by atoms with Crippen molar-refractivity contribution < 1.29 is 4.79 Å². The van der Waals surface area contributed by atoms with Gasteiger partial charge in [0.15, 0.2) is 0 Å². The van der Waals surface area contributed by atoms with E-state index in [4.69, 9.17) is 11.6 Å². The van der Waals surface area contributed by atoms with Crippen LogP contribution in [0.25, 0.3) is 0 Å². The molecule has 1 unspecified atom stereocenters. The zero-order chi connectivity index (χ0) is 13.8. The summed E-state index contributed by atoms with van der Waals surface area (Å²) in [6, 6.07) is 1.75. The van der Waals surface area contributed by atoms with Gasteiger partial charge >= 0.3 is 0 Å². The lowest BCUT2D eigenvalue weighted by Gasteiger charge is -2.27. The number of hydrogen-bond acceptors (Lipinski definition) is 2. The second-order valence-electron chi connectivity index (χ2n) is 5.23. The highest BCUT2D eigenvalue weighted by Crippen LogP contribution is 2.17. The van der Waals surface area contributed by atoms with Crippen LogP contribution in [0.1, 0.15) is 30.3 Å². The molecule has 1 aliphatic rings. The van der Waals surface area contributed by atoms with Crippen LogP contribution in [0, 0.1) is 5.92 Å². The number of carbonyl (C=O) groups excluding carboxylic acids is 1. The summed E-state index contributed by atoms with van der Waals surface area (Å²) >= 11 is 5.98. The lowest BCUT2D eigenvalue weighted by Crippen LogP contribution is -2.39. The molecule has 0 spiro atoms. The molecule has 2 rings (SSSR count). The Morgan fingerprint density at radius 1 is 1.63 bits per heavy atom. The third-order valence-corrected chi connectivity index (χ3v) is 3.91. The Morgan fingerprint density at radius 3 is 3.05 bits per heavy atom. The molecule has 5 heteroatoms. The van der Waals surface area contributed by atoms with Crippen LogP contribution in [0.4, 0.5) is 0 Å². The van der Waals surface area contributed by atoms with Gasteiger partial charge in [0.25, 0.3) is 5.91 Å². The van der Waals surface area contributed by atoms with Crippen molar-refractivity contribution in [2.45, 2.75) is 26.3 Å². The topological polar surface area (TPSA) is 37.3 Å². The monoisotopic (exact) mass is 283 g/mol. The molecule has 0 bridgehead atoms. The fraction of sp³-hybridized carbons (Fsp3) is 0.643. The van der Waals surface area contributed by atoms with Crippen LogP contribution in [0.3, 0.4) is 0 Å². The van der Waals surface area contributed by atoms with Gasteiger partial charge in [0, 0.05) is 26.3 Å². The molecule has 0 aromatic carbocycles. The van der Waals surface area contributed by atoms with E-state index in [9.17, 15) is 4.79 Å². The van der Waals surface area contributed by atoms with E-state index < -0.39 is 0 Å². The average molecular weight is 284 g/mol. The van der Waals surface area contributed by atoms with Crippen molar-refractivity contribution >= 4 is 17.5 Å². The molecule has 4 nitrogen and oxygen atoms in total. The molecule has 0 radical (unpaired) electrons. The van der Waals surface area contributed by atoms with Crippen molar-refractivity contribution in [3.63, 3.8) is 0 Å². The van der Waals surface area contributed by atoms with E-state index in [1.807, 2.05) is 29.6 Å². The molecule has 1 amide bonds. The maximum atomic E-state index is 12.4. The number of nitrogens with one attached hydrogen (secondary N) is 1. The first kappa shape index (κ1) is 14.4. The molecular formula is C14H22ClN3O. The molecule has 0 aliphatic carbocycles. The second kappa shape index (κ2) is 6.44.